The van der Waals surface area contributed by atoms with Gasteiger partial charge in [-0.15, -0.1) is 11.3 Å². The predicted molar refractivity (Wildman–Crippen MR) is 134 cm³/mol. The molecule has 0 bridgehead atoms. The number of carbonyl (C=O) groups excluding carboxylic acids is 1. The van der Waals surface area contributed by atoms with E-state index < -0.39 is 0 Å². The summed E-state index contributed by atoms with van der Waals surface area (Å²) in [7, 11) is 0. The van der Waals surface area contributed by atoms with Gasteiger partial charge >= 0.3 is 0 Å². The fraction of sp³-hybridized carbons (Fsp3) is 0.0370. The van der Waals surface area contributed by atoms with E-state index in [1.54, 1.807) is 11.3 Å². The molecule has 2 aromatic heterocycles. The van der Waals surface area contributed by atoms with E-state index in [9.17, 15) is 4.79 Å². The van der Waals surface area contributed by atoms with E-state index in [2.05, 4.69) is 53.6 Å². The smallest absolute Gasteiger partial charge is 0.272 e. The van der Waals surface area contributed by atoms with E-state index in [4.69, 9.17) is 4.98 Å². The molecule has 0 unspecified atom stereocenters. The number of benzene rings is 4. The Bertz CT molecular complexity index is 1630. The average molecular weight is 434 g/mol. The van der Waals surface area contributed by atoms with Crippen molar-refractivity contribution in [1.29, 1.82) is 0 Å². The Hall–Kier alpha value is -3.96. The molecule has 6 rings (SSSR count). The Morgan fingerprint density at radius 1 is 0.906 bits per heavy atom. The monoisotopic (exact) mass is 433 g/mol. The van der Waals surface area contributed by atoms with Crippen molar-refractivity contribution in [2.75, 3.05) is 5.32 Å². The Morgan fingerprint density at radius 2 is 1.75 bits per heavy atom. The summed E-state index contributed by atoms with van der Waals surface area (Å²) in [5.41, 5.74) is 5.53. The fourth-order valence-corrected chi connectivity index (χ4v) is 5.13. The molecule has 6 aromatic rings. The lowest BCUT2D eigenvalue weighted by molar-refractivity contribution is 0.102. The Balaban J connectivity index is 1.26. The molecule has 4 nitrogen and oxygen atoms in total. The lowest BCUT2D eigenvalue weighted by Gasteiger charge is -2.04. The minimum absolute atomic E-state index is 0.159. The minimum Gasteiger partial charge on any atom is -0.351 e. The summed E-state index contributed by atoms with van der Waals surface area (Å²) in [5, 5.41) is 7.31. The first kappa shape index (κ1) is 18.8. The van der Waals surface area contributed by atoms with Gasteiger partial charge in [-0.1, -0.05) is 36.4 Å². The third-order valence-corrected chi connectivity index (χ3v) is 6.77. The number of aromatic amines is 1. The number of aromatic nitrogens is 2. The second-order valence-electron chi connectivity index (χ2n) is 7.95. The number of carbonyl (C=O) groups is 1. The maximum absolute atomic E-state index is 12.9. The first-order chi connectivity index (χ1) is 15.6. The standard InChI is InChI=1S/C27H19N3OS/c1-16-6-12-23-25(14-16)32-27(30-23)18-7-10-19(11-8-18)28-26(31)24-15-21-20-5-3-2-4-17(20)9-13-22(21)29-24/h2-15,29H,1H3,(H,28,31). The van der Waals surface area contributed by atoms with Crippen LogP contribution in [0.1, 0.15) is 16.1 Å². The highest BCUT2D eigenvalue weighted by molar-refractivity contribution is 7.21. The van der Waals surface area contributed by atoms with Gasteiger partial charge in [-0.05, 0) is 71.8 Å². The highest BCUT2D eigenvalue weighted by atomic mass is 32.1. The van der Waals surface area contributed by atoms with Gasteiger partial charge in [-0.25, -0.2) is 4.98 Å². The minimum atomic E-state index is -0.159. The van der Waals surface area contributed by atoms with Crippen LogP contribution in [0.5, 0.6) is 0 Å². The summed E-state index contributed by atoms with van der Waals surface area (Å²) in [6.07, 6.45) is 0. The molecule has 5 heteroatoms. The quantitative estimate of drug-likeness (QED) is 0.311. The van der Waals surface area contributed by atoms with Gasteiger partial charge in [0.25, 0.3) is 5.91 Å². The van der Waals surface area contributed by atoms with Crippen molar-refractivity contribution in [2.24, 2.45) is 0 Å². The summed E-state index contributed by atoms with van der Waals surface area (Å²) in [6, 6.07) is 28.3. The van der Waals surface area contributed by atoms with Gasteiger partial charge < -0.3 is 10.3 Å². The number of amides is 1. The molecule has 2 heterocycles. The normalized spacial score (nSPS) is 11.4. The van der Waals surface area contributed by atoms with E-state index in [0.717, 1.165) is 43.5 Å². The van der Waals surface area contributed by atoms with Crippen molar-refractivity contribution in [3.63, 3.8) is 0 Å². The predicted octanol–water partition coefficient (Wildman–Crippen LogP) is 7.16. The molecule has 0 radical (unpaired) electrons. The van der Waals surface area contributed by atoms with E-state index in [1.165, 1.54) is 10.3 Å². The number of thiazole rings is 1. The zero-order valence-electron chi connectivity index (χ0n) is 17.3. The van der Waals surface area contributed by atoms with Gasteiger partial charge in [0.2, 0.25) is 0 Å². The van der Waals surface area contributed by atoms with Crippen molar-refractivity contribution in [2.45, 2.75) is 6.92 Å². The molecular formula is C27H19N3OS. The van der Waals surface area contributed by atoms with Crippen LogP contribution in [-0.2, 0) is 0 Å². The zero-order chi connectivity index (χ0) is 21.7. The SMILES string of the molecule is Cc1ccc2nc(-c3ccc(NC(=O)c4cc5c(ccc6ccccc65)[nH]4)cc3)sc2c1. The molecule has 2 N–H and O–H groups in total. The topological polar surface area (TPSA) is 57.8 Å². The molecule has 154 valence electrons. The largest absolute Gasteiger partial charge is 0.351 e. The molecule has 4 aromatic carbocycles. The van der Waals surface area contributed by atoms with E-state index in [0.29, 0.717) is 5.69 Å². The molecule has 0 aliphatic rings. The number of nitrogens with one attached hydrogen (secondary N) is 2. The number of anilines is 1. The van der Waals surface area contributed by atoms with Crippen LogP contribution in [0.25, 0.3) is 42.5 Å². The fourth-order valence-electron chi connectivity index (χ4n) is 4.06. The lowest BCUT2D eigenvalue weighted by Crippen LogP contribution is -2.12. The van der Waals surface area contributed by atoms with Crippen molar-refractivity contribution in [3.05, 3.63) is 96.2 Å². The van der Waals surface area contributed by atoms with Gasteiger partial charge in [-0.3, -0.25) is 4.79 Å². The second kappa shape index (κ2) is 7.32. The van der Waals surface area contributed by atoms with Crippen molar-refractivity contribution >= 4 is 54.8 Å². The molecule has 1 amide bonds. The molecule has 0 fully saturated rings. The van der Waals surface area contributed by atoms with Crippen LogP contribution in [0.3, 0.4) is 0 Å². The maximum Gasteiger partial charge on any atom is 0.272 e. The van der Waals surface area contributed by atoms with E-state index in [-0.39, 0.29) is 5.91 Å². The molecular weight excluding hydrogens is 414 g/mol. The van der Waals surface area contributed by atoms with Crippen molar-refractivity contribution in [1.82, 2.24) is 9.97 Å². The molecule has 0 atom stereocenters. The number of fused-ring (bicyclic) bond motifs is 4. The average Bonchev–Trinajstić information content (AvgIpc) is 3.44. The van der Waals surface area contributed by atoms with Crippen LogP contribution in [0, 0.1) is 6.92 Å². The zero-order valence-corrected chi connectivity index (χ0v) is 18.2. The summed E-state index contributed by atoms with van der Waals surface area (Å²) >= 11 is 1.68. The third-order valence-electron chi connectivity index (χ3n) is 5.71. The number of H-pyrrole nitrogens is 1. The lowest BCUT2D eigenvalue weighted by atomic mass is 10.1. The summed E-state index contributed by atoms with van der Waals surface area (Å²) in [6.45, 7) is 2.09. The summed E-state index contributed by atoms with van der Waals surface area (Å²) < 4.78 is 1.18. The van der Waals surface area contributed by atoms with Gasteiger partial charge in [0.1, 0.15) is 10.7 Å². The van der Waals surface area contributed by atoms with Crippen molar-refractivity contribution in [3.8, 4) is 10.6 Å². The second-order valence-corrected chi connectivity index (χ2v) is 8.98. The van der Waals surface area contributed by atoms with Crippen LogP contribution in [0.4, 0.5) is 5.69 Å². The number of nitrogens with zero attached hydrogens (tertiary/aromatic N) is 1. The Kier molecular flexibility index (Phi) is 4.30. The highest BCUT2D eigenvalue weighted by Gasteiger charge is 2.12. The van der Waals surface area contributed by atoms with Crippen LogP contribution >= 0.6 is 11.3 Å². The number of aryl methyl sites for hydroxylation is 1. The Morgan fingerprint density at radius 3 is 2.62 bits per heavy atom. The molecule has 0 aliphatic heterocycles. The molecule has 0 saturated heterocycles. The summed E-state index contributed by atoms with van der Waals surface area (Å²) in [4.78, 5) is 20.9. The first-order valence-corrected chi connectivity index (χ1v) is 11.3. The van der Waals surface area contributed by atoms with Gasteiger partial charge in [-0.2, -0.15) is 0 Å². The van der Waals surface area contributed by atoms with Crippen LogP contribution in [0.15, 0.2) is 84.9 Å². The van der Waals surface area contributed by atoms with Crippen LogP contribution in [0.2, 0.25) is 0 Å². The van der Waals surface area contributed by atoms with E-state index in [1.807, 2.05) is 48.5 Å². The van der Waals surface area contributed by atoms with Gasteiger partial charge in [0.05, 0.1) is 10.2 Å². The maximum atomic E-state index is 12.9. The Labute approximate surface area is 188 Å². The molecule has 0 spiro atoms. The number of hydrogen-bond donors (Lipinski definition) is 2. The highest BCUT2D eigenvalue weighted by Crippen LogP contribution is 2.31. The first-order valence-electron chi connectivity index (χ1n) is 10.4. The molecule has 32 heavy (non-hydrogen) atoms. The number of hydrogen-bond acceptors (Lipinski definition) is 3. The van der Waals surface area contributed by atoms with E-state index >= 15 is 0 Å². The van der Waals surface area contributed by atoms with Crippen LogP contribution in [-0.4, -0.2) is 15.9 Å². The summed E-state index contributed by atoms with van der Waals surface area (Å²) in [5.74, 6) is -0.159. The third kappa shape index (κ3) is 3.24. The number of rotatable bonds is 3. The van der Waals surface area contributed by atoms with Gasteiger partial charge in [0, 0.05) is 22.2 Å². The van der Waals surface area contributed by atoms with Crippen LogP contribution < -0.4 is 5.32 Å². The molecule has 0 saturated carbocycles. The molecule has 0 aliphatic carbocycles. The van der Waals surface area contributed by atoms with Gasteiger partial charge in [0.15, 0.2) is 0 Å². The van der Waals surface area contributed by atoms with Crippen molar-refractivity contribution < 1.29 is 4.79 Å².